The van der Waals surface area contributed by atoms with Crippen molar-refractivity contribution in [2.75, 3.05) is 13.2 Å². The molecule has 2 nitrogen and oxygen atoms in total. The average Bonchev–Trinajstić information content (AvgIpc) is 2.35. The molecular formula is C15H18O2. The monoisotopic (exact) mass is 230 g/mol. The van der Waals surface area contributed by atoms with E-state index in [4.69, 9.17) is 9.84 Å². The summed E-state index contributed by atoms with van der Waals surface area (Å²) in [5.41, 5.74) is 1.16. The molecule has 90 valence electrons. The maximum Gasteiger partial charge on any atom is 0.122 e. The lowest BCUT2D eigenvalue weighted by Gasteiger charge is -2.10. The molecule has 1 N–H and O–H groups in total. The van der Waals surface area contributed by atoms with Crippen LogP contribution in [0.2, 0.25) is 0 Å². The van der Waals surface area contributed by atoms with Crippen molar-refractivity contribution in [3.05, 3.63) is 42.0 Å². The van der Waals surface area contributed by atoms with Crippen molar-refractivity contribution in [2.24, 2.45) is 0 Å². The molecule has 0 aliphatic rings. The molecule has 0 fully saturated rings. The van der Waals surface area contributed by atoms with Gasteiger partial charge in [0.2, 0.25) is 0 Å². The van der Waals surface area contributed by atoms with Crippen LogP contribution >= 0.6 is 0 Å². The fourth-order valence-electron chi connectivity index (χ4n) is 1.88. The summed E-state index contributed by atoms with van der Waals surface area (Å²) in [5.74, 6) is 0.946. The van der Waals surface area contributed by atoms with Crippen molar-refractivity contribution in [2.45, 2.75) is 19.8 Å². The number of unbranched alkanes of at least 4 members (excludes halogenated alkanes) is 1. The minimum atomic E-state index is 0.236. The van der Waals surface area contributed by atoms with Crippen LogP contribution in [0.15, 0.2) is 36.4 Å². The summed E-state index contributed by atoms with van der Waals surface area (Å²) in [5, 5.41) is 11.2. The molecule has 2 aromatic carbocycles. The molecule has 0 atom stereocenters. The third-order valence-electron chi connectivity index (χ3n) is 2.85. The number of hydrogen-bond acceptors (Lipinski definition) is 2. The minimum Gasteiger partial charge on any atom is -0.493 e. The first-order chi connectivity index (χ1) is 8.31. The summed E-state index contributed by atoms with van der Waals surface area (Å²) < 4.78 is 5.74. The van der Waals surface area contributed by atoms with Gasteiger partial charge in [0.1, 0.15) is 5.75 Å². The van der Waals surface area contributed by atoms with Gasteiger partial charge in [-0.1, -0.05) is 24.3 Å². The number of rotatable bonds is 5. The first kappa shape index (κ1) is 11.9. The van der Waals surface area contributed by atoms with E-state index in [2.05, 4.69) is 31.2 Å². The van der Waals surface area contributed by atoms with Crippen molar-refractivity contribution in [3.8, 4) is 5.75 Å². The standard InChI is InChI=1S/C15H18O2/c1-12-10-13-6-2-3-7-14(13)11-15(12)17-9-5-4-8-16/h2-3,6-7,10-11,16H,4-5,8-9H2,1H3. The highest BCUT2D eigenvalue weighted by Crippen LogP contribution is 2.25. The molecule has 0 saturated carbocycles. The summed E-state index contributed by atoms with van der Waals surface area (Å²) in [6.07, 6.45) is 1.69. The zero-order valence-corrected chi connectivity index (χ0v) is 10.1. The van der Waals surface area contributed by atoms with Gasteiger partial charge in [-0.05, 0) is 48.2 Å². The second-order valence-electron chi connectivity index (χ2n) is 4.24. The van der Waals surface area contributed by atoms with Gasteiger partial charge < -0.3 is 9.84 Å². The minimum absolute atomic E-state index is 0.236. The molecule has 2 rings (SSSR count). The Kier molecular flexibility index (Phi) is 3.99. The van der Waals surface area contributed by atoms with Crippen molar-refractivity contribution in [3.63, 3.8) is 0 Å². The predicted octanol–water partition coefficient (Wildman–Crippen LogP) is 3.30. The Bertz CT molecular complexity index is 491. The summed E-state index contributed by atoms with van der Waals surface area (Å²) >= 11 is 0. The van der Waals surface area contributed by atoms with Crippen LogP contribution in [0.25, 0.3) is 10.8 Å². The van der Waals surface area contributed by atoms with Gasteiger partial charge in [0, 0.05) is 6.61 Å². The molecule has 17 heavy (non-hydrogen) atoms. The van der Waals surface area contributed by atoms with Crippen molar-refractivity contribution in [1.29, 1.82) is 0 Å². The van der Waals surface area contributed by atoms with Gasteiger partial charge in [-0.15, -0.1) is 0 Å². The maximum atomic E-state index is 8.70. The molecule has 2 aromatic rings. The van der Waals surface area contributed by atoms with Gasteiger partial charge in [0.05, 0.1) is 6.61 Å². The summed E-state index contributed by atoms with van der Waals surface area (Å²) in [6.45, 7) is 2.97. The van der Waals surface area contributed by atoms with Crippen LogP contribution in [0.4, 0.5) is 0 Å². The Morgan fingerprint density at radius 2 is 1.76 bits per heavy atom. The van der Waals surface area contributed by atoms with Gasteiger partial charge in [0.25, 0.3) is 0 Å². The summed E-state index contributed by atoms with van der Waals surface area (Å²) in [4.78, 5) is 0. The van der Waals surface area contributed by atoms with Gasteiger partial charge in [0.15, 0.2) is 0 Å². The van der Waals surface area contributed by atoms with E-state index in [1.54, 1.807) is 0 Å². The molecule has 0 aliphatic carbocycles. The number of hydrogen-bond donors (Lipinski definition) is 1. The number of fused-ring (bicyclic) bond motifs is 1. The Balaban J connectivity index is 2.14. The molecule has 0 aromatic heterocycles. The molecular weight excluding hydrogens is 212 g/mol. The lowest BCUT2D eigenvalue weighted by Crippen LogP contribution is -2.00. The molecule has 0 unspecified atom stereocenters. The molecule has 0 saturated heterocycles. The highest BCUT2D eigenvalue weighted by molar-refractivity contribution is 5.84. The van der Waals surface area contributed by atoms with E-state index < -0.39 is 0 Å². The van der Waals surface area contributed by atoms with Gasteiger partial charge >= 0.3 is 0 Å². The normalized spacial score (nSPS) is 10.7. The van der Waals surface area contributed by atoms with E-state index in [1.165, 1.54) is 10.8 Å². The number of aliphatic hydroxyl groups excluding tert-OH is 1. The largest absolute Gasteiger partial charge is 0.493 e. The van der Waals surface area contributed by atoms with Crippen LogP contribution < -0.4 is 4.74 Å². The van der Waals surface area contributed by atoms with Gasteiger partial charge in [-0.2, -0.15) is 0 Å². The van der Waals surface area contributed by atoms with Crippen molar-refractivity contribution in [1.82, 2.24) is 0 Å². The second kappa shape index (κ2) is 5.69. The maximum absolute atomic E-state index is 8.70. The third-order valence-corrected chi connectivity index (χ3v) is 2.85. The SMILES string of the molecule is Cc1cc2ccccc2cc1OCCCCO. The smallest absolute Gasteiger partial charge is 0.122 e. The third kappa shape index (κ3) is 2.98. The first-order valence-corrected chi connectivity index (χ1v) is 6.04. The van der Waals surface area contributed by atoms with E-state index in [1.807, 2.05) is 12.1 Å². The lowest BCUT2D eigenvalue weighted by molar-refractivity contribution is 0.252. The molecule has 2 heteroatoms. The van der Waals surface area contributed by atoms with Crippen LogP contribution in [0.3, 0.4) is 0 Å². The number of aliphatic hydroxyl groups is 1. The Hall–Kier alpha value is -1.54. The summed E-state index contributed by atoms with van der Waals surface area (Å²) in [6, 6.07) is 12.5. The number of ether oxygens (including phenoxy) is 1. The van der Waals surface area contributed by atoms with E-state index >= 15 is 0 Å². The molecule has 0 aliphatic heterocycles. The van der Waals surface area contributed by atoms with Gasteiger partial charge in [-0.3, -0.25) is 0 Å². The van der Waals surface area contributed by atoms with Crippen LogP contribution in [0.1, 0.15) is 18.4 Å². The molecule has 0 radical (unpaired) electrons. The molecule has 0 bridgehead atoms. The highest BCUT2D eigenvalue weighted by atomic mass is 16.5. The lowest BCUT2D eigenvalue weighted by atomic mass is 10.1. The van der Waals surface area contributed by atoms with Crippen molar-refractivity contribution >= 4 is 10.8 Å². The van der Waals surface area contributed by atoms with E-state index in [-0.39, 0.29) is 6.61 Å². The van der Waals surface area contributed by atoms with E-state index in [9.17, 15) is 0 Å². The summed E-state index contributed by atoms with van der Waals surface area (Å²) in [7, 11) is 0. The Labute approximate surface area is 102 Å². The zero-order valence-electron chi connectivity index (χ0n) is 10.1. The number of aryl methyl sites for hydroxylation is 1. The van der Waals surface area contributed by atoms with E-state index in [0.717, 1.165) is 24.2 Å². The fourth-order valence-corrected chi connectivity index (χ4v) is 1.88. The first-order valence-electron chi connectivity index (χ1n) is 6.04. The van der Waals surface area contributed by atoms with Gasteiger partial charge in [-0.25, -0.2) is 0 Å². The van der Waals surface area contributed by atoms with E-state index in [0.29, 0.717) is 6.61 Å². The van der Waals surface area contributed by atoms with Crippen LogP contribution in [-0.2, 0) is 0 Å². The zero-order chi connectivity index (χ0) is 12.1. The predicted molar refractivity (Wildman–Crippen MR) is 70.5 cm³/mol. The Morgan fingerprint density at radius 3 is 2.47 bits per heavy atom. The van der Waals surface area contributed by atoms with Crippen LogP contribution in [0.5, 0.6) is 5.75 Å². The number of benzene rings is 2. The molecule has 0 heterocycles. The van der Waals surface area contributed by atoms with Crippen LogP contribution in [0, 0.1) is 6.92 Å². The van der Waals surface area contributed by atoms with Crippen molar-refractivity contribution < 1.29 is 9.84 Å². The highest BCUT2D eigenvalue weighted by Gasteiger charge is 2.02. The Morgan fingerprint density at radius 1 is 1.06 bits per heavy atom. The topological polar surface area (TPSA) is 29.5 Å². The molecule has 0 amide bonds. The second-order valence-corrected chi connectivity index (χ2v) is 4.24. The molecule has 0 spiro atoms. The fraction of sp³-hybridized carbons (Fsp3) is 0.333. The van der Waals surface area contributed by atoms with Crippen LogP contribution in [-0.4, -0.2) is 18.3 Å². The average molecular weight is 230 g/mol. The quantitative estimate of drug-likeness (QED) is 0.799.